The smallest absolute Gasteiger partial charge is 0.274 e. The van der Waals surface area contributed by atoms with E-state index in [9.17, 15) is 9.59 Å². The number of anilines is 1. The molecule has 0 N–H and O–H groups in total. The van der Waals surface area contributed by atoms with Gasteiger partial charge >= 0.3 is 0 Å². The molecule has 5 heteroatoms. The average molecular weight is 367 g/mol. The summed E-state index contributed by atoms with van der Waals surface area (Å²) in [6.07, 6.45) is 0. The molecule has 0 unspecified atom stereocenters. The number of imide groups is 1. The molecule has 4 rings (SSSR count). The fourth-order valence-corrected chi connectivity index (χ4v) is 3.18. The van der Waals surface area contributed by atoms with E-state index < -0.39 is 5.91 Å². The second kappa shape index (κ2) is 7.40. The highest BCUT2D eigenvalue weighted by molar-refractivity contribution is 6.58. The van der Waals surface area contributed by atoms with E-state index in [-0.39, 0.29) is 11.6 Å². The maximum absolute atomic E-state index is 12.8. The van der Waals surface area contributed by atoms with Crippen molar-refractivity contribution in [3.05, 3.63) is 102 Å². The van der Waals surface area contributed by atoms with Gasteiger partial charge < -0.3 is 0 Å². The lowest BCUT2D eigenvalue weighted by Gasteiger charge is -2.10. The summed E-state index contributed by atoms with van der Waals surface area (Å²) in [5.41, 5.74) is 3.73. The van der Waals surface area contributed by atoms with Gasteiger partial charge in [-0.2, -0.15) is 0 Å². The molecule has 0 atom stereocenters. The van der Waals surface area contributed by atoms with Crippen LogP contribution in [0.15, 0.2) is 95.1 Å². The highest BCUT2D eigenvalue weighted by Crippen LogP contribution is 2.29. The number of rotatable bonds is 3. The van der Waals surface area contributed by atoms with Gasteiger partial charge in [-0.1, -0.05) is 78.9 Å². The number of benzene rings is 3. The molecule has 2 amide bonds. The van der Waals surface area contributed by atoms with E-state index in [0.717, 1.165) is 16.0 Å². The van der Waals surface area contributed by atoms with Crippen LogP contribution >= 0.6 is 0 Å². The Labute approximate surface area is 162 Å². The van der Waals surface area contributed by atoms with Crippen LogP contribution in [0.1, 0.15) is 23.6 Å². The Morgan fingerprint density at radius 1 is 0.786 bits per heavy atom. The van der Waals surface area contributed by atoms with Gasteiger partial charge in [-0.3, -0.25) is 9.59 Å². The topological polar surface area (TPSA) is 62.1 Å². The summed E-state index contributed by atoms with van der Waals surface area (Å²) in [5.74, 6) is -0.809. The Balaban J connectivity index is 1.85. The SMILES string of the molecule is CC(=O)N1C(=O)C(=NN=C(c2ccccc2)c2ccccc2)c2ccccc21. The van der Waals surface area contributed by atoms with Gasteiger partial charge in [0, 0.05) is 23.6 Å². The molecule has 1 aliphatic heterocycles. The van der Waals surface area contributed by atoms with Gasteiger partial charge in [0.1, 0.15) is 5.71 Å². The van der Waals surface area contributed by atoms with Crippen molar-refractivity contribution in [2.24, 2.45) is 10.2 Å². The van der Waals surface area contributed by atoms with Crippen LogP contribution in [0.2, 0.25) is 0 Å². The molecule has 0 spiro atoms. The van der Waals surface area contributed by atoms with Crippen LogP contribution in [0.5, 0.6) is 0 Å². The minimum atomic E-state index is -0.460. The summed E-state index contributed by atoms with van der Waals surface area (Å²) in [6.45, 7) is 1.36. The molecule has 1 heterocycles. The van der Waals surface area contributed by atoms with Crippen molar-refractivity contribution >= 4 is 28.9 Å². The summed E-state index contributed by atoms with van der Waals surface area (Å²) in [6, 6.07) is 26.4. The molecule has 0 fully saturated rings. The molecule has 1 aliphatic rings. The Kier molecular flexibility index (Phi) is 4.64. The van der Waals surface area contributed by atoms with E-state index in [1.54, 1.807) is 18.2 Å². The van der Waals surface area contributed by atoms with Gasteiger partial charge in [0.2, 0.25) is 5.91 Å². The molecule has 0 aliphatic carbocycles. The third-order valence-electron chi connectivity index (χ3n) is 4.47. The summed E-state index contributed by atoms with van der Waals surface area (Å²) < 4.78 is 0. The number of nitrogens with zero attached hydrogens (tertiary/aromatic N) is 3. The molecule has 0 radical (unpaired) electrons. The third kappa shape index (κ3) is 3.14. The van der Waals surface area contributed by atoms with Crippen molar-refractivity contribution < 1.29 is 9.59 Å². The van der Waals surface area contributed by atoms with Crippen LogP contribution < -0.4 is 4.90 Å². The lowest BCUT2D eigenvalue weighted by molar-refractivity contribution is -0.121. The third-order valence-corrected chi connectivity index (χ3v) is 4.47. The van der Waals surface area contributed by atoms with Crippen LogP contribution in [0.25, 0.3) is 0 Å². The fourth-order valence-electron chi connectivity index (χ4n) is 3.18. The molecule has 5 nitrogen and oxygen atoms in total. The fraction of sp³-hybridized carbons (Fsp3) is 0.0435. The Morgan fingerprint density at radius 2 is 1.32 bits per heavy atom. The molecule has 3 aromatic carbocycles. The second-order valence-corrected chi connectivity index (χ2v) is 6.31. The number of amides is 2. The van der Waals surface area contributed by atoms with Crippen LogP contribution in [-0.4, -0.2) is 23.2 Å². The van der Waals surface area contributed by atoms with Gasteiger partial charge in [-0.25, -0.2) is 4.90 Å². The van der Waals surface area contributed by atoms with Crippen molar-refractivity contribution in [3.8, 4) is 0 Å². The molecular weight excluding hydrogens is 350 g/mol. The molecule has 28 heavy (non-hydrogen) atoms. The summed E-state index contributed by atoms with van der Waals surface area (Å²) in [4.78, 5) is 25.9. The summed E-state index contributed by atoms with van der Waals surface area (Å²) in [7, 11) is 0. The summed E-state index contributed by atoms with van der Waals surface area (Å²) in [5, 5.41) is 8.73. The van der Waals surface area contributed by atoms with E-state index >= 15 is 0 Å². The minimum Gasteiger partial charge on any atom is -0.274 e. The zero-order valence-corrected chi connectivity index (χ0v) is 15.2. The van der Waals surface area contributed by atoms with Crippen molar-refractivity contribution in [2.45, 2.75) is 6.92 Å². The van der Waals surface area contributed by atoms with E-state index in [1.165, 1.54) is 6.92 Å². The Morgan fingerprint density at radius 3 is 1.89 bits per heavy atom. The molecule has 0 saturated carbocycles. The zero-order valence-electron chi connectivity index (χ0n) is 15.2. The van der Waals surface area contributed by atoms with Gasteiger partial charge in [-0.05, 0) is 6.07 Å². The van der Waals surface area contributed by atoms with Crippen LogP contribution in [0.3, 0.4) is 0 Å². The first-order valence-electron chi connectivity index (χ1n) is 8.87. The Hall–Kier alpha value is -3.86. The second-order valence-electron chi connectivity index (χ2n) is 6.31. The first-order chi connectivity index (χ1) is 13.7. The van der Waals surface area contributed by atoms with Crippen LogP contribution in [0, 0.1) is 0 Å². The van der Waals surface area contributed by atoms with E-state index in [1.807, 2.05) is 66.7 Å². The highest BCUT2D eigenvalue weighted by Gasteiger charge is 2.36. The van der Waals surface area contributed by atoms with Crippen LogP contribution in [-0.2, 0) is 9.59 Å². The molecular formula is C23H17N3O2. The van der Waals surface area contributed by atoms with E-state index in [2.05, 4.69) is 10.2 Å². The van der Waals surface area contributed by atoms with Crippen molar-refractivity contribution in [3.63, 3.8) is 0 Å². The minimum absolute atomic E-state index is 0.162. The normalized spacial score (nSPS) is 14.1. The lowest BCUT2D eigenvalue weighted by Crippen LogP contribution is -2.34. The number of hydrogen-bond donors (Lipinski definition) is 0. The monoisotopic (exact) mass is 367 g/mol. The molecule has 0 aromatic heterocycles. The van der Waals surface area contributed by atoms with Gasteiger partial charge in [0.25, 0.3) is 5.91 Å². The maximum Gasteiger partial charge on any atom is 0.286 e. The predicted molar refractivity (Wildman–Crippen MR) is 110 cm³/mol. The molecule has 136 valence electrons. The van der Waals surface area contributed by atoms with E-state index in [4.69, 9.17) is 0 Å². The molecule has 0 bridgehead atoms. The maximum atomic E-state index is 12.8. The first kappa shape index (κ1) is 17.5. The number of carbonyl (C=O) groups is 2. The quantitative estimate of drug-likeness (QED) is 0.522. The average Bonchev–Trinajstić information content (AvgIpc) is 3.01. The predicted octanol–water partition coefficient (Wildman–Crippen LogP) is 3.82. The number of hydrogen-bond acceptors (Lipinski definition) is 4. The van der Waals surface area contributed by atoms with Crippen molar-refractivity contribution in [1.82, 2.24) is 0 Å². The highest BCUT2D eigenvalue weighted by atomic mass is 16.2. The lowest BCUT2D eigenvalue weighted by atomic mass is 10.0. The largest absolute Gasteiger partial charge is 0.286 e. The molecule has 3 aromatic rings. The van der Waals surface area contributed by atoms with Crippen molar-refractivity contribution in [2.75, 3.05) is 4.90 Å². The summed E-state index contributed by atoms with van der Waals surface area (Å²) >= 11 is 0. The van der Waals surface area contributed by atoms with Gasteiger partial charge in [-0.15, -0.1) is 10.2 Å². The van der Waals surface area contributed by atoms with Crippen LogP contribution in [0.4, 0.5) is 5.69 Å². The van der Waals surface area contributed by atoms with Gasteiger partial charge in [0.05, 0.1) is 5.69 Å². The Bertz CT molecular complexity index is 1060. The standard InChI is InChI=1S/C23H17N3O2/c1-16(27)26-20-15-9-8-14-19(20)22(23(26)28)25-24-21(17-10-4-2-5-11-17)18-12-6-3-7-13-18/h2-15H,1H3. The first-order valence-corrected chi connectivity index (χ1v) is 8.87. The number of carbonyl (C=O) groups excluding carboxylic acids is 2. The number of para-hydroxylation sites is 1. The van der Waals surface area contributed by atoms with E-state index in [0.29, 0.717) is 17.0 Å². The zero-order chi connectivity index (χ0) is 19.5. The van der Waals surface area contributed by atoms with Crippen molar-refractivity contribution in [1.29, 1.82) is 0 Å². The molecule has 0 saturated heterocycles. The number of fused-ring (bicyclic) bond motifs is 1. The van der Waals surface area contributed by atoms with Gasteiger partial charge in [0.15, 0.2) is 5.71 Å².